The van der Waals surface area contributed by atoms with Gasteiger partial charge in [-0.25, -0.2) is 14.8 Å². The number of nitrogens with one attached hydrogen (secondary N) is 4. The molecule has 0 saturated carbocycles. The SMILES string of the molecule is CC(C)C1CCN(c2ncc(Nc3ccc(CNC(=O)C4CC(=O)NC(=O)N4)cc3)cn2)CC1. The Balaban J connectivity index is 1.25. The fraction of sp³-hybridized carbons (Fsp3) is 0.458. The first-order chi connectivity index (χ1) is 16.4. The van der Waals surface area contributed by atoms with Gasteiger partial charge < -0.3 is 20.9 Å². The predicted octanol–water partition coefficient (Wildman–Crippen LogP) is 2.31. The summed E-state index contributed by atoms with van der Waals surface area (Å²) in [5, 5.41) is 10.6. The number of aromatic nitrogens is 2. The molecule has 3 heterocycles. The first-order valence-electron chi connectivity index (χ1n) is 11.7. The van der Waals surface area contributed by atoms with E-state index in [0.29, 0.717) is 6.54 Å². The quantitative estimate of drug-likeness (QED) is 0.494. The molecule has 1 atom stereocenters. The molecule has 180 valence electrons. The lowest BCUT2D eigenvalue weighted by molar-refractivity contribution is -0.128. The summed E-state index contributed by atoms with van der Waals surface area (Å²) in [4.78, 5) is 46.3. The van der Waals surface area contributed by atoms with Crippen LogP contribution in [0.5, 0.6) is 0 Å². The third-order valence-electron chi connectivity index (χ3n) is 6.38. The lowest BCUT2D eigenvalue weighted by atomic mass is 9.87. The highest BCUT2D eigenvalue weighted by atomic mass is 16.2. The van der Waals surface area contributed by atoms with Crippen molar-refractivity contribution in [2.75, 3.05) is 23.3 Å². The number of nitrogens with zero attached hydrogens (tertiary/aromatic N) is 3. The van der Waals surface area contributed by atoms with E-state index >= 15 is 0 Å². The molecule has 2 aliphatic heterocycles. The van der Waals surface area contributed by atoms with Crippen LogP contribution in [0.15, 0.2) is 36.7 Å². The van der Waals surface area contributed by atoms with Gasteiger partial charge in [-0.15, -0.1) is 0 Å². The molecule has 0 bridgehead atoms. The molecule has 10 heteroatoms. The van der Waals surface area contributed by atoms with Crippen LogP contribution in [0.3, 0.4) is 0 Å². The van der Waals surface area contributed by atoms with Crippen LogP contribution < -0.4 is 26.2 Å². The van der Waals surface area contributed by atoms with E-state index in [9.17, 15) is 14.4 Å². The Hall–Kier alpha value is -3.69. The first-order valence-corrected chi connectivity index (χ1v) is 11.7. The molecule has 1 unspecified atom stereocenters. The summed E-state index contributed by atoms with van der Waals surface area (Å²) in [6.07, 6.45) is 5.87. The van der Waals surface area contributed by atoms with E-state index in [4.69, 9.17) is 0 Å². The number of hydrogen-bond donors (Lipinski definition) is 4. The van der Waals surface area contributed by atoms with Crippen molar-refractivity contribution in [2.45, 2.75) is 45.7 Å². The summed E-state index contributed by atoms with van der Waals surface area (Å²) in [6, 6.07) is 6.08. The maximum atomic E-state index is 12.2. The number of benzene rings is 1. The van der Waals surface area contributed by atoms with Gasteiger partial charge in [0.1, 0.15) is 6.04 Å². The topological polar surface area (TPSA) is 128 Å². The number of piperidine rings is 1. The third-order valence-corrected chi connectivity index (χ3v) is 6.38. The molecule has 4 N–H and O–H groups in total. The Morgan fingerprint density at radius 2 is 1.76 bits per heavy atom. The molecular formula is C24H31N7O3. The van der Waals surface area contributed by atoms with Crippen molar-refractivity contribution in [1.29, 1.82) is 0 Å². The number of hydrogen-bond acceptors (Lipinski definition) is 7. The molecule has 4 amide bonds. The summed E-state index contributed by atoms with van der Waals surface area (Å²) in [5.41, 5.74) is 2.57. The molecule has 2 aromatic rings. The molecule has 2 saturated heterocycles. The second-order valence-electron chi connectivity index (χ2n) is 9.16. The van der Waals surface area contributed by atoms with Gasteiger partial charge in [0.25, 0.3) is 0 Å². The Morgan fingerprint density at radius 3 is 2.38 bits per heavy atom. The summed E-state index contributed by atoms with van der Waals surface area (Å²) in [5.74, 6) is 1.41. The van der Waals surface area contributed by atoms with Gasteiger partial charge in [-0.2, -0.15) is 0 Å². The highest BCUT2D eigenvalue weighted by molar-refractivity contribution is 6.02. The van der Waals surface area contributed by atoms with Crippen LogP contribution in [0.25, 0.3) is 0 Å². The van der Waals surface area contributed by atoms with Gasteiger partial charge in [0.2, 0.25) is 17.8 Å². The van der Waals surface area contributed by atoms with Gasteiger partial charge >= 0.3 is 6.03 Å². The number of carbonyl (C=O) groups is 3. The van der Waals surface area contributed by atoms with Gasteiger partial charge in [-0.1, -0.05) is 26.0 Å². The molecule has 1 aromatic carbocycles. The van der Waals surface area contributed by atoms with Crippen molar-refractivity contribution >= 4 is 35.2 Å². The average Bonchev–Trinajstić information content (AvgIpc) is 2.83. The average molecular weight is 466 g/mol. The fourth-order valence-electron chi connectivity index (χ4n) is 4.27. The largest absolute Gasteiger partial charge is 0.353 e. The van der Waals surface area contributed by atoms with Crippen LogP contribution in [0, 0.1) is 11.8 Å². The van der Waals surface area contributed by atoms with E-state index < -0.39 is 23.9 Å². The Labute approximate surface area is 198 Å². The van der Waals surface area contributed by atoms with Gasteiger partial charge in [0.15, 0.2) is 0 Å². The molecule has 10 nitrogen and oxygen atoms in total. The Kier molecular flexibility index (Phi) is 7.24. The second-order valence-corrected chi connectivity index (χ2v) is 9.16. The van der Waals surface area contributed by atoms with Crippen molar-refractivity contribution in [3.63, 3.8) is 0 Å². The summed E-state index contributed by atoms with van der Waals surface area (Å²) in [7, 11) is 0. The highest BCUT2D eigenvalue weighted by Crippen LogP contribution is 2.26. The third kappa shape index (κ3) is 6.00. The zero-order valence-corrected chi connectivity index (χ0v) is 19.5. The van der Waals surface area contributed by atoms with Gasteiger partial charge in [0, 0.05) is 25.3 Å². The zero-order chi connectivity index (χ0) is 24.1. The smallest absolute Gasteiger partial charge is 0.322 e. The molecule has 0 spiro atoms. The lowest BCUT2D eigenvalue weighted by Gasteiger charge is -2.33. The standard InChI is InChI=1S/C24H31N7O3/c1-15(2)17-7-9-31(10-8-17)23-26-13-19(14-27-23)28-18-5-3-16(4-6-18)12-25-22(33)20-11-21(32)30-24(34)29-20/h3-6,13-15,17,20,28H,7-12H2,1-2H3,(H,25,33)(H2,29,30,32,34). The summed E-state index contributed by atoms with van der Waals surface area (Å²) in [6.45, 7) is 6.86. The number of rotatable bonds is 7. The van der Waals surface area contributed by atoms with E-state index in [1.807, 2.05) is 24.3 Å². The van der Waals surface area contributed by atoms with E-state index in [2.05, 4.69) is 50.0 Å². The maximum absolute atomic E-state index is 12.2. The lowest BCUT2D eigenvalue weighted by Crippen LogP contribution is -2.57. The van der Waals surface area contributed by atoms with E-state index in [0.717, 1.165) is 47.8 Å². The van der Waals surface area contributed by atoms with Crippen LogP contribution >= 0.6 is 0 Å². The molecule has 4 rings (SSSR count). The van der Waals surface area contributed by atoms with E-state index in [1.54, 1.807) is 12.4 Å². The van der Waals surface area contributed by atoms with Gasteiger partial charge in [-0.3, -0.25) is 14.9 Å². The van der Waals surface area contributed by atoms with Gasteiger partial charge in [-0.05, 0) is 42.4 Å². The molecular weight excluding hydrogens is 434 g/mol. The molecule has 2 fully saturated rings. The summed E-state index contributed by atoms with van der Waals surface area (Å²) >= 11 is 0. The van der Waals surface area contributed by atoms with E-state index in [-0.39, 0.29) is 6.42 Å². The number of urea groups is 1. The first kappa shape index (κ1) is 23.5. The van der Waals surface area contributed by atoms with Crippen LogP contribution in [-0.4, -0.2) is 46.9 Å². The Bertz CT molecular complexity index is 1000. The number of anilines is 3. The van der Waals surface area contributed by atoms with Crippen LogP contribution in [0.4, 0.5) is 22.1 Å². The molecule has 1 aromatic heterocycles. The highest BCUT2D eigenvalue weighted by Gasteiger charge is 2.29. The number of imide groups is 1. The van der Waals surface area contributed by atoms with Crippen molar-refractivity contribution in [3.8, 4) is 0 Å². The second kappa shape index (κ2) is 10.5. The molecule has 34 heavy (non-hydrogen) atoms. The number of carbonyl (C=O) groups excluding carboxylic acids is 3. The van der Waals surface area contributed by atoms with Crippen molar-refractivity contribution in [2.24, 2.45) is 11.8 Å². The minimum atomic E-state index is -0.855. The summed E-state index contributed by atoms with van der Waals surface area (Å²) < 4.78 is 0. The monoisotopic (exact) mass is 465 g/mol. The van der Waals surface area contributed by atoms with Crippen LogP contribution in [0.2, 0.25) is 0 Å². The van der Waals surface area contributed by atoms with E-state index in [1.165, 1.54) is 12.8 Å². The zero-order valence-electron chi connectivity index (χ0n) is 19.5. The predicted molar refractivity (Wildman–Crippen MR) is 128 cm³/mol. The maximum Gasteiger partial charge on any atom is 0.322 e. The Morgan fingerprint density at radius 1 is 1.09 bits per heavy atom. The van der Waals surface area contributed by atoms with Crippen LogP contribution in [0.1, 0.15) is 38.7 Å². The molecule has 2 aliphatic rings. The van der Waals surface area contributed by atoms with Crippen molar-refractivity contribution in [1.82, 2.24) is 25.9 Å². The minimum Gasteiger partial charge on any atom is -0.353 e. The normalized spacial score (nSPS) is 18.9. The minimum absolute atomic E-state index is 0.0719. The van der Waals surface area contributed by atoms with Gasteiger partial charge in [0.05, 0.1) is 24.5 Å². The van der Waals surface area contributed by atoms with Crippen molar-refractivity contribution < 1.29 is 14.4 Å². The number of amides is 4. The van der Waals surface area contributed by atoms with Crippen molar-refractivity contribution in [3.05, 3.63) is 42.2 Å². The fourth-order valence-corrected chi connectivity index (χ4v) is 4.27. The molecule has 0 radical (unpaired) electrons. The van der Waals surface area contributed by atoms with Crippen LogP contribution in [-0.2, 0) is 16.1 Å². The molecule has 0 aliphatic carbocycles.